The van der Waals surface area contributed by atoms with E-state index in [4.69, 9.17) is 0 Å². The summed E-state index contributed by atoms with van der Waals surface area (Å²) in [6, 6.07) is 15.9. The molecule has 3 rings (SSSR count). The minimum Gasteiger partial charge on any atom is -0.326 e. The highest BCUT2D eigenvalue weighted by Gasteiger charge is 2.11. The predicted molar refractivity (Wildman–Crippen MR) is 113 cm³/mol. The van der Waals surface area contributed by atoms with Crippen molar-refractivity contribution in [3.05, 3.63) is 76.1 Å². The molecule has 0 saturated heterocycles. The van der Waals surface area contributed by atoms with Crippen LogP contribution in [-0.2, 0) is 16.1 Å². The topological polar surface area (TPSA) is 93.1 Å². The molecule has 0 radical (unpaired) electrons. The van der Waals surface area contributed by atoms with E-state index in [1.54, 1.807) is 18.2 Å². The van der Waals surface area contributed by atoms with Gasteiger partial charge in [0.2, 0.25) is 11.8 Å². The molecule has 0 bridgehead atoms. The molecule has 0 aliphatic rings. The van der Waals surface area contributed by atoms with Crippen molar-refractivity contribution in [1.82, 2.24) is 9.78 Å². The molecule has 1 aromatic heterocycles. The van der Waals surface area contributed by atoms with Gasteiger partial charge in [0.05, 0.1) is 5.69 Å². The zero-order valence-corrected chi connectivity index (χ0v) is 16.5. The lowest BCUT2D eigenvalue weighted by atomic mass is 10.1. The van der Waals surface area contributed by atoms with Crippen LogP contribution in [0.3, 0.4) is 0 Å². The molecule has 7 nitrogen and oxygen atoms in total. The van der Waals surface area contributed by atoms with Gasteiger partial charge in [-0.2, -0.15) is 5.10 Å². The molecule has 2 aromatic carbocycles. The number of hydrogen-bond acceptors (Lipinski definition) is 4. The van der Waals surface area contributed by atoms with E-state index in [0.717, 1.165) is 21.4 Å². The lowest BCUT2D eigenvalue weighted by Gasteiger charge is -2.11. The molecular weight excluding hydrogens is 368 g/mol. The average molecular weight is 390 g/mol. The minimum atomic E-state index is -0.372. The first kappa shape index (κ1) is 20.0. The minimum absolute atomic E-state index is 0.170. The van der Waals surface area contributed by atoms with Crippen LogP contribution in [-0.4, -0.2) is 21.6 Å². The Balaban J connectivity index is 1.85. The summed E-state index contributed by atoms with van der Waals surface area (Å²) in [4.78, 5) is 36.0. The van der Waals surface area contributed by atoms with Crippen molar-refractivity contribution in [2.75, 3.05) is 10.6 Å². The Kier molecular flexibility index (Phi) is 5.87. The average Bonchev–Trinajstić information content (AvgIpc) is 2.67. The number of amides is 2. The molecule has 3 aromatic rings. The zero-order valence-electron chi connectivity index (χ0n) is 16.5. The molecular formula is C22H22N4O3. The number of rotatable bonds is 5. The number of carbonyl (C=O) groups is 2. The maximum Gasteiger partial charge on any atom is 0.267 e. The summed E-state index contributed by atoms with van der Waals surface area (Å²) < 4.78 is 1.13. The molecule has 0 aliphatic carbocycles. The van der Waals surface area contributed by atoms with Crippen LogP contribution in [0.1, 0.15) is 18.1 Å². The molecule has 148 valence electrons. The number of para-hydroxylation sites is 1. The first-order valence-electron chi connectivity index (χ1n) is 9.16. The third-order valence-electron chi connectivity index (χ3n) is 4.42. The highest BCUT2D eigenvalue weighted by molar-refractivity contribution is 5.91. The molecule has 0 aliphatic heterocycles. The Morgan fingerprint density at radius 3 is 2.38 bits per heavy atom. The standard InChI is InChI=1S/C22H22N4O3/c1-14-6-4-5-7-18(14)24-21(28)13-26-22(29)11-10-19(25-26)17-9-8-15(2)20(12-17)23-16(3)27/h4-12H,13H2,1-3H3,(H,23,27)(H,24,28). The van der Waals surface area contributed by atoms with Crippen molar-refractivity contribution in [1.29, 1.82) is 0 Å². The van der Waals surface area contributed by atoms with E-state index in [1.165, 1.54) is 13.0 Å². The van der Waals surface area contributed by atoms with E-state index in [-0.39, 0.29) is 23.9 Å². The van der Waals surface area contributed by atoms with Crippen molar-refractivity contribution in [3.8, 4) is 11.3 Å². The van der Waals surface area contributed by atoms with Gasteiger partial charge in [0.25, 0.3) is 5.56 Å². The van der Waals surface area contributed by atoms with Gasteiger partial charge in [0.1, 0.15) is 6.54 Å². The molecule has 2 amide bonds. The number of nitrogens with one attached hydrogen (secondary N) is 2. The van der Waals surface area contributed by atoms with Crippen LogP contribution >= 0.6 is 0 Å². The molecule has 0 spiro atoms. The summed E-state index contributed by atoms with van der Waals surface area (Å²) >= 11 is 0. The van der Waals surface area contributed by atoms with E-state index >= 15 is 0 Å². The molecule has 0 unspecified atom stereocenters. The first-order valence-corrected chi connectivity index (χ1v) is 9.16. The number of aryl methyl sites for hydroxylation is 2. The van der Waals surface area contributed by atoms with E-state index in [2.05, 4.69) is 15.7 Å². The Hall–Kier alpha value is -3.74. The van der Waals surface area contributed by atoms with Crippen LogP contribution in [0, 0.1) is 13.8 Å². The molecule has 0 fully saturated rings. The Labute approximate surface area is 168 Å². The van der Waals surface area contributed by atoms with Crippen molar-refractivity contribution >= 4 is 23.2 Å². The first-order chi connectivity index (χ1) is 13.8. The van der Waals surface area contributed by atoms with Crippen LogP contribution < -0.4 is 16.2 Å². The van der Waals surface area contributed by atoms with E-state index in [0.29, 0.717) is 17.1 Å². The third kappa shape index (κ3) is 4.95. The van der Waals surface area contributed by atoms with E-state index < -0.39 is 0 Å². The van der Waals surface area contributed by atoms with Crippen LogP contribution in [0.5, 0.6) is 0 Å². The van der Waals surface area contributed by atoms with E-state index in [9.17, 15) is 14.4 Å². The smallest absolute Gasteiger partial charge is 0.267 e. The van der Waals surface area contributed by atoms with Crippen molar-refractivity contribution in [2.45, 2.75) is 27.3 Å². The fourth-order valence-corrected chi connectivity index (χ4v) is 2.86. The largest absolute Gasteiger partial charge is 0.326 e. The van der Waals surface area contributed by atoms with Crippen LogP contribution in [0.25, 0.3) is 11.3 Å². The zero-order chi connectivity index (χ0) is 21.0. The second kappa shape index (κ2) is 8.52. The van der Waals surface area contributed by atoms with Crippen molar-refractivity contribution in [3.63, 3.8) is 0 Å². The number of benzene rings is 2. The Morgan fingerprint density at radius 1 is 0.931 bits per heavy atom. The van der Waals surface area contributed by atoms with Gasteiger partial charge in [0, 0.05) is 29.9 Å². The molecule has 0 saturated carbocycles. The number of nitrogens with zero attached hydrogens (tertiary/aromatic N) is 2. The van der Waals surface area contributed by atoms with Gasteiger partial charge in [-0.3, -0.25) is 14.4 Å². The predicted octanol–water partition coefficient (Wildman–Crippen LogP) is 3.12. The Bertz CT molecular complexity index is 1130. The number of carbonyl (C=O) groups excluding carboxylic acids is 2. The van der Waals surface area contributed by atoms with Gasteiger partial charge < -0.3 is 10.6 Å². The second-order valence-corrected chi connectivity index (χ2v) is 6.79. The van der Waals surface area contributed by atoms with Crippen LogP contribution in [0.2, 0.25) is 0 Å². The van der Waals surface area contributed by atoms with Crippen molar-refractivity contribution < 1.29 is 9.59 Å². The second-order valence-electron chi connectivity index (χ2n) is 6.79. The fourth-order valence-electron chi connectivity index (χ4n) is 2.86. The number of anilines is 2. The van der Waals surface area contributed by atoms with Crippen LogP contribution in [0.15, 0.2) is 59.4 Å². The Morgan fingerprint density at radius 2 is 1.66 bits per heavy atom. The molecule has 7 heteroatoms. The van der Waals surface area contributed by atoms with Gasteiger partial charge in [-0.15, -0.1) is 0 Å². The molecule has 29 heavy (non-hydrogen) atoms. The lowest BCUT2D eigenvalue weighted by Crippen LogP contribution is -2.29. The summed E-state index contributed by atoms with van der Waals surface area (Å²) in [6.45, 7) is 5.02. The summed E-state index contributed by atoms with van der Waals surface area (Å²) in [6.07, 6.45) is 0. The molecule has 0 atom stereocenters. The maximum atomic E-state index is 12.4. The van der Waals surface area contributed by atoms with Gasteiger partial charge in [-0.25, -0.2) is 4.68 Å². The lowest BCUT2D eigenvalue weighted by molar-refractivity contribution is -0.117. The SMILES string of the molecule is CC(=O)Nc1cc(-c2ccc(=O)n(CC(=O)Nc3ccccc3C)n2)ccc1C. The van der Waals surface area contributed by atoms with E-state index in [1.807, 2.05) is 44.2 Å². The monoisotopic (exact) mass is 390 g/mol. The number of hydrogen-bond donors (Lipinski definition) is 2. The summed E-state index contributed by atoms with van der Waals surface area (Å²) in [5.41, 5.74) is 4.09. The molecule has 2 N–H and O–H groups in total. The number of aromatic nitrogens is 2. The summed E-state index contributed by atoms with van der Waals surface area (Å²) in [7, 11) is 0. The summed E-state index contributed by atoms with van der Waals surface area (Å²) in [5.74, 6) is -0.509. The van der Waals surface area contributed by atoms with Gasteiger partial charge in [-0.1, -0.05) is 30.3 Å². The summed E-state index contributed by atoms with van der Waals surface area (Å²) in [5, 5.41) is 9.90. The van der Waals surface area contributed by atoms with Gasteiger partial charge in [0.15, 0.2) is 0 Å². The normalized spacial score (nSPS) is 10.4. The molecule has 1 heterocycles. The van der Waals surface area contributed by atoms with Crippen LogP contribution in [0.4, 0.5) is 11.4 Å². The maximum absolute atomic E-state index is 12.4. The van der Waals surface area contributed by atoms with Crippen molar-refractivity contribution in [2.24, 2.45) is 0 Å². The van der Waals surface area contributed by atoms with Gasteiger partial charge in [-0.05, 0) is 43.2 Å². The fraction of sp³-hybridized carbons (Fsp3) is 0.182. The van der Waals surface area contributed by atoms with Gasteiger partial charge >= 0.3 is 0 Å². The third-order valence-corrected chi connectivity index (χ3v) is 4.42. The highest BCUT2D eigenvalue weighted by atomic mass is 16.2. The highest BCUT2D eigenvalue weighted by Crippen LogP contribution is 2.23. The quantitative estimate of drug-likeness (QED) is 0.700.